The Labute approximate surface area is 363 Å². The van der Waals surface area contributed by atoms with Gasteiger partial charge in [-0.15, -0.1) is 0 Å². The molecule has 326 valence electrons. The van der Waals surface area contributed by atoms with Gasteiger partial charge in [-0.1, -0.05) is 24.3 Å². The first-order valence-electron chi connectivity index (χ1n) is 20.8. The molecule has 2 fully saturated rings. The van der Waals surface area contributed by atoms with Crippen molar-refractivity contribution < 1.29 is 32.2 Å². The number of anilines is 4. The number of methoxy groups -OCH3 is 2. The summed E-state index contributed by atoms with van der Waals surface area (Å²) in [4.78, 5) is 40.8. The van der Waals surface area contributed by atoms with E-state index in [1.54, 1.807) is 31.3 Å². The largest absolute Gasteiger partial charge is 0.497 e. The molecule has 16 nitrogen and oxygen atoms in total. The molecule has 0 radical (unpaired) electrons. The maximum absolute atomic E-state index is 13.8. The van der Waals surface area contributed by atoms with E-state index in [2.05, 4.69) is 14.7 Å². The SMILES string of the molecule is COc1ccc(CN(Cc2ccc(OC)cc2)c2ncc(-c3nc(N4CCOCC4)nc4c3CCN4c3ccc(S(=O)(=O)N4CCN(C(=O)OC(C)(C)C)CC4)cc3)cn2)cc1. The molecule has 0 bridgehead atoms. The molecule has 3 aromatic carbocycles. The van der Waals surface area contributed by atoms with Crippen LogP contribution in [0.2, 0.25) is 0 Å². The summed E-state index contributed by atoms with van der Waals surface area (Å²) >= 11 is 0. The Morgan fingerprint density at radius 1 is 0.758 bits per heavy atom. The van der Waals surface area contributed by atoms with E-state index in [-0.39, 0.29) is 31.1 Å². The fourth-order valence-electron chi connectivity index (χ4n) is 7.73. The van der Waals surface area contributed by atoms with E-state index >= 15 is 0 Å². The number of nitrogens with zero attached hydrogens (tertiary/aromatic N) is 9. The summed E-state index contributed by atoms with van der Waals surface area (Å²) in [7, 11) is -0.486. The number of ether oxygens (including phenoxy) is 4. The number of carbonyl (C=O) groups excluding carboxylic acids is 1. The average Bonchev–Trinajstić information content (AvgIpc) is 3.73. The molecule has 0 spiro atoms. The van der Waals surface area contributed by atoms with Gasteiger partial charge in [-0.2, -0.15) is 9.29 Å². The van der Waals surface area contributed by atoms with E-state index in [9.17, 15) is 13.2 Å². The first kappa shape index (κ1) is 42.6. The Morgan fingerprint density at radius 3 is 1.89 bits per heavy atom. The van der Waals surface area contributed by atoms with Crippen LogP contribution in [0.4, 0.5) is 28.2 Å². The number of aromatic nitrogens is 4. The molecule has 8 rings (SSSR count). The van der Waals surface area contributed by atoms with Crippen LogP contribution in [-0.2, 0) is 39.0 Å². The average molecular weight is 864 g/mol. The van der Waals surface area contributed by atoms with E-state index in [1.807, 2.05) is 93.8 Å². The van der Waals surface area contributed by atoms with Gasteiger partial charge in [0.25, 0.3) is 0 Å². The number of amides is 1. The minimum Gasteiger partial charge on any atom is -0.497 e. The topological polar surface area (TPSA) is 156 Å². The first-order valence-corrected chi connectivity index (χ1v) is 22.2. The molecule has 62 heavy (non-hydrogen) atoms. The zero-order valence-electron chi connectivity index (χ0n) is 35.9. The Bertz CT molecular complexity index is 2390. The maximum Gasteiger partial charge on any atom is 0.410 e. The Morgan fingerprint density at radius 2 is 1.34 bits per heavy atom. The highest BCUT2D eigenvalue weighted by Gasteiger charge is 2.33. The lowest BCUT2D eigenvalue weighted by Crippen LogP contribution is -2.51. The molecule has 0 aliphatic carbocycles. The molecule has 2 aromatic heterocycles. The van der Waals surface area contributed by atoms with E-state index in [1.165, 1.54) is 4.31 Å². The number of benzene rings is 3. The molecule has 3 aliphatic heterocycles. The van der Waals surface area contributed by atoms with Crippen molar-refractivity contribution in [2.45, 2.75) is 50.8 Å². The third kappa shape index (κ3) is 9.54. The van der Waals surface area contributed by atoms with Crippen molar-refractivity contribution >= 4 is 39.5 Å². The van der Waals surface area contributed by atoms with Gasteiger partial charge in [0.2, 0.25) is 21.9 Å². The van der Waals surface area contributed by atoms with Gasteiger partial charge in [0.15, 0.2) is 0 Å². The van der Waals surface area contributed by atoms with E-state index in [4.69, 9.17) is 38.9 Å². The van der Waals surface area contributed by atoms with Crippen LogP contribution in [-0.4, -0.2) is 122 Å². The highest BCUT2D eigenvalue weighted by atomic mass is 32.2. The summed E-state index contributed by atoms with van der Waals surface area (Å²) in [5.41, 5.74) is 4.84. The van der Waals surface area contributed by atoms with Gasteiger partial charge < -0.3 is 38.5 Å². The van der Waals surface area contributed by atoms with Gasteiger partial charge in [-0.05, 0) is 86.8 Å². The zero-order valence-corrected chi connectivity index (χ0v) is 36.7. The lowest BCUT2D eigenvalue weighted by atomic mass is 10.1. The number of hydrogen-bond acceptors (Lipinski definition) is 14. The van der Waals surface area contributed by atoms with E-state index < -0.39 is 21.7 Å². The monoisotopic (exact) mass is 863 g/mol. The third-order valence-electron chi connectivity index (χ3n) is 11.0. The second-order valence-electron chi connectivity index (χ2n) is 16.4. The molecule has 0 unspecified atom stereocenters. The molecule has 0 saturated carbocycles. The summed E-state index contributed by atoms with van der Waals surface area (Å²) in [5.74, 6) is 3.49. The molecule has 3 aliphatic rings. The van der Waals surface area contributed by atoms with Crippen LogP contribution in [0.15, 0.2) is 90.1 Å². The molecule has 0 atom stereocenters. The van der Waals surface area contributed by atoms with E-state index in [0.717, 1.165) is 51.0 Å². The van der Waals surface area contributed by atoms with Crippen LogP contribution in [0.25, 0.3) is 11.3 Å². The van der Waals surface area contributed by atoms with Crippen LogP contribution in [0.5, 0.6) is 11.5 Å². The quantitative estimate of drug-likeness (QED) is 0.146. The standard InChI is InChI=1S/C45H53N9O7S/c1-45(2,3)61-44(55)51-20-22-53(23-21-51)62(56,57)38-16-10-35(11-17-38)54-19-18-39-40(48-43(49-41(39)54)50-24-26-60-27-25-50)34-28-46-42(47-29-34)52(30-32-6-12-36(58-4)13-7-32)31-33-8-14-37(59-5)15-9-33/h6-17,28-29H,18-27,30-31H2,1-5H3. The minimum atomic E-state index is -3.80. The van der Waals surface area contributed by atoms with Crippen molar-refractivity contribution in [2.24, 2.45) is 0 Å². The van der Waals surface area contributed by atoms with Crippen LogP contribution in [0, 0.1) is 0 Å². The van der Waals surface area contributed by atoms with E-state index in [0.29, 0.717) is 64.3 Å². The van der Waals surface area contributed by atoms with Gasteiger partial charge in [-0.3, -0.25) is 0 Å². The van der Waals surface area contributed by atoms with Crippen molar-refractivity contribution in [1.82, 2.24) is 29.1 Å². The van der Waals surface area contributed by atoms with Gasteiger partial charge in [0.05, 0.1) is 38.0 Å². The smallest absolute Gasteiger partial charge is 0.410 e. The Balaban J connectivity index is 1.05. The number of morpholine rings is 1. The molecule has 5 heterocycles. The minimum absolute atomic E-state index is 0.181. The van der Waals surface area contributed by atoms with Crippen molar-refractivity contribution in [1.29, 1.82) is 0 Å². The molecule has 1 amide bonds. The number of hydrogen-bond donors (Lipinski definition) is 0. The predicted octanol–water partition coefficient (Wildman–Crippen LogP) is 5.93. The number of rotatable bonds is 12. The van der Waals surface area contributed by atoms with Crippen LogP contribution < -0.4 is 24.2 Å². The van der Waals surface area contributed by atoms with Crippen LogP contribution >= 0.6 is 0 Å². The molecule has 2 saturated heterocycles. The van der Waals surface area contributed by atoms with Gasteiger partial charge >= 0.3 is 6.09 Å². The number of carbonyl (C=O) groups is 1. The molecular weight excluding hydrogens is 811 g/mol. The van der Waals surface area contributed by atoms with Crippen molar-refractivity contribution in [3.05, 3.63) is 102 Å². The fraction of sp³-hybridized carbons (Fsp3) is 0.400. The van der Waals surface area contributed by atoms with Gasteiger partial charge in [-0.25, -0.2) is 28.2 Å². The van der Waals surface area contributed by atoms with Gasteiger partial charge in [0.1, 0.15) is 22.9 Å². The summed E-state index contributed by atoms with van der Waals surface area (Å²) in [6.07, 6.45) is 3.89. The predicted molar refractivity (Wildman–Crippen MR) is 236 cm³/mol. The number of sulfonamides is 1. The summed E-state index contributed by atoms with van der Waals surface area (Å²) in [6.45, 7) is 10.5. The molecule has 5 aromatic rings. The molecule has 0 N–H and O–H groups in total. The lowest BCUT2D eigenvalue weighted by Gasteiger charge is -2.35. The lowest BCUT2D eigenvalue weighted by molar-refractivity contribution is 0.0192. The maximum atomic E-state index is 13.8. The van der Waals surface area contributed by atoms with Crippen molar-refractivity contribution in [3.63, 3.8) is 0 Å². The summed E-state index contributed by atoms with van der Waals surface area (Å²) in [6, 6.07) is 22.9. The second-order valence-corrected chi connectivity index (χ2v) is 18.3. The molecular formula is C45H53N9O7S. The highest BCUT2D eigenvalue weighted by Crippen LogP contribution is 2.40. The number of fused-ring (bicyclic) bond motifs is 1. The number of piperazine rings is 1. The van der Waals surface area contributed by atoms with Crippen LogP contribution in [0.1, 0.15) is 37.5 Å². The molecule has 17 heteroatoms. The summed E-state index contributed by atoms with van der Waals surface area (Å²) < 4.78 is 50.9. The van der Waals surface area contributed by atoms with Crippen molar-refractivity contribution in [2.75, 3.05) is 87.9 Å². The van der Waals surface area contributed by atoms with Crippen LogP contribution in [0.3, 0.4) is 0 Å². The third-order valence-corrected chi connectivity index (χ3v) is 13.0. The Hall–Kier alpha value is -6.04. The van der Waals surface area contributed by atoms with Gasteiger partial charge in [0, 0.05) is 88.1 Å². The fourth-order valence-corrected chi connectivity index (χ4v) is 9.15. The summed E-state index contributed by atoms with van der Waals surface area (Å²) in [5, 5.41) is 0. The first-order chi connectivity index (χ1) is 29.9. The zero-order chi connectivity index (χ0) is 43.4. The second kappa shape index (κ2) is 18.1. The Kier molecular flexibility index (Phi) is 12.5. The highest BCUT2D eigenvalue weighted by molar-refractivity contribution is 7.89. The van der Waals surface area contributed by atoms with Crippen molar-refractivity contribution in [3.8, 4) is 22.8 Å². The normalized spacial score (nSPS) is 15.9.